The fourth-order valence-corrected chi connectivity index (χ4v) is 4.21. The van der Waals surface area contributed by atoms with Crippen molar-refractivity contribution in [2.75, 3.05) is 32.4 Å². The summed E-state index contributed by atoms with van der Waals surface area (Å²) < 4.78 is 17.8. The molecule has 0 aliphatic carbocycles. The number of thioether (sulfide) groups is 1. The van der Waals surface area contributed by atoms with Gasteiger partial charge in [0.05, 0.1) is 27.1 Å². The van der Waals surface area contributed by atoms with Crippen molar-refractivity contribution < 1.29 is 19.0 Å². The second kappa shape index (κ2) is 11.0. The van der Waals surface area contributed by atoms with Crippen molar-refractivity contribution in [1.29, 1.82) is 0 Å². The molecule has 4 aromatic rings. The lowest BCUT2D eigenvalue weighted by Gasteiger charge is -2.12. The average molecular weight is 491 g/mol. The van der Waals surface area contributed by atoms with Gasteiger partial charge in [-0.3, -0.25) is 9.36 Å². The quantitative estimate of drug-likeness (QED) is 0.330. The summed E-state index contributed by atoms with van der Waals surface area (Å²) in [5, 5.41) is 12.3. The Morgan fingerprint density at radius 2 is 1.60 bits per heavy atom. The van der Waals surface area contributed by atoms with Crippen LogP contribution in [0.4, 0.5) is 5.69 Å². The molecule has 0 fully saturated rings. The summed E-state index contributed by atoms with van der Waals surface area (Å²) >= 11 is 1.31. The maximum atomic E-state index is 12.7. The Kier molecular flexibility index (Phi) is 7.57. The molecule has 0 aliphatic rings. The molecule has 8 nitrogen and oxygen atoms in total. The van der Waals surface area contributed by atoms with Crippen LogP contribution in [-0.4, -0.2) is 47.8 Å². The number of carbonyl (C=O) groups excluding carboxylic acids is 1. The molecule has 1 heterocycles. The first kappa shape index (κ1) is 24.2. The predicted octanol–water partition coefficient (Wildman–Crippen LogP) is 5.00. The zero-order valence-corrected chi connectivity index (χ0v) is 20.8. The molecule has 1 amide bonds. The van der Waals surface area contributed by atoms with E-state index in [0.29, 0.717) is 28.2 Å². The van der Waals surface area contributed by atoms with Gasteiger partial charge < -0.3 is 19.5 Å². The summed E-state index contributed by atoms with van der Waals surface area (Å²) in [4.78, 5) is 12.7. The van der Waals surface area contributed by atoms with Crippen LogP contribution in [0.1, 0.15) is 5.56 Å². The number of ether oxygens (including phenoxy) is 3. The summed E-state index contributed by atoms with van der Waals surface area (Å²) in [6, 6.07) is 21.0. The van der Waals surface area contributed by atoms with E-state index >= 15 is 0 Å². The van der Waals surface area contributed by atoms with E-state index in [1.807, 2.05) is 60.0 Å². The number of rotatable bonds is 9. The molecule has 4 rings (SSSR count). The minimum absolute atomic E-state index is 0.149. The smallest absolute Gasteiger partial charge is 0.234 e. The Bertz CT molecular complexity index is 1300. The van der Waals surface area contributed by atoms with Gasteiger partial charge in [0.25, 0.3) is 0 Å². The molecule has 0 spiro atoms. The summed E-state index contributed by atoms with van der Waals surface area (Å²) in [5.74, 6) is 2.55. The number of nitrogens with zero attached hydrogens (tertiary/aromatic N) is 3. The van der Waals surface area contributed by atoms with Crippen LogP contribution in [0.2, 0.25) is 0 Å². The summed E-state index contributed by atoms with van der Waals surface area (Å²) in [6.45, 7) is 2.04. The van der Waals surface area contributed by atoms with Crippen LogP contribution in [0.5, 0.6) is 17.2 Å². The second-order valence-electron chi connectivity index (χ2n) is 7.61. The first-order valence-electron chi connectivity index (χ1n) is 10.8. The van der Waals surface area contributed by atoms with E-state index in [-0.39, 0.29) is 11.7 Å². The van der Waals surface area contributed by atoms with Crippen LogP contribution >= 0.6 is 11.8 Å². The maximum Gasteiger partial charge on any atom is 0.234 e. The third-order valence-corrected chi connectivity index (χ3v) is 6.20. The van der Waals surface area contributed by atoms with Crippen LogP contribution in [0.15, 0.2) is 71.9 Å². The lowest BCUT2D eigenvalue weighted by atomic mass is 10.1. The molecule has 3 aromatic carbocycles. The van der Waals surface area contributed by atoms with Crippen molar-refractivity contribution in [2.45, 2.75) is 12.1 Å². The molecular formula is C26H26N4O4S. The summed E-state index contributed by atoms with van der Waals surface area (Å²) in [5.41, 5.74) is 3.57. The normalized spacial score (nSPS) is 10.6. The number of benzene rings is 3. The first-order chi connectivity index (χ1) is 17.0. The van der Waals surface area contributed by atoms with Crippen molar-refractivity contribution in [2.24, 2.45) is 0 Å². The maximum absolute atomic E-state index is 12.7. The van der Waals surface area contributed by atoms with E-state index in [9.17, 15) is 4.79 Å². The van der Waals surface area contributed by atoms with Crippen molar-refractivity contribution in [1.82, 2.24) is 14.8 Å². The Balaban J connectivity index is 1.57. The zero-order valence-electron chi connectivity index (χ0n) is 19.9. The van der Waals surface area contributed by atoms with Gasteiger partial charge in [0.1, 0.15) is 5.75 Å². The number of methoxy groups -OCH3 is 3. The molecule has 0 saturated carbocycles. The van der Waals surface area contributed by atoms with Crippen molar-refractivity contribution in [3.8, 4) is 34.3 Å². The molecule has 35 heavy (non-hydrogen) atoms. The Morgan fingerprint density at radius 1 is 0.886 bits per heavy atom. The Labute approximate surface area is 208 Å². The molecular weight excluding hydrogens is 464 g/mol. The minimum atomic E-state index is -0.177. The molecule has 0 atom stereocenters. The van der Waals surface area contributed by atoms with Gasteiger partial charge in [-0.15, -0.1) is 10.2 Å². The monoisotopic (exact) mass is 490 g/mol. The molecule has 1 aromatic heterocycles. The van der Waals surface area contributed by atoms with Gasteiger partial charge >= 0.3 is 0 Å². The minimum Gasteiger partial charge on any atom is -0.497 e. The number of carbonyl (C=O) groups is 1. The molecule has 0 bridgehead atoms. The summed E-state index contributed by atoms with van der Waals surface area (Å²) in [6.07, 6.45) is 0. The van der Waals surface area contributed by atoms with E-state index in [4.69, 9.17) is 14.2 Å². The van der Waals surface area contributed by atoms with E-state index in [1.165, 1.54) is 11.8 Å². The van der Waals surface area contributed by atoms with E-state index in [0.717, 1.165) is 22.6 Å². The first-order valence-corrected chi connectivity index (χ1v) is 11.8. The standard InChI is InChI=1S/C26H26N4O4S/c1-17-5-7-18(8-6-17)25-28-29-26(30(25)20-10-12-21(32-2)13-11-20)35-16-24(31)27-19-9-14-22(33-3)23(15-19)34-4/h5-15H,16H2,1-4H3,(H,27,31). The third-order valence-electron chi connectivity index (χ3n) is 5.27. The van der Waals surface area contributed by atoms with Crippen LogP contribution in [0.25, 0.3) is 17.1 Å². The number of nitrogens with one attached hydrogen (secondary N) is 1. The van der Waals surface area contributed by atoms with Crippen LogP contribution in [0, 0.1) is 6.92 Å². The van der Waals surface area contributed by atoms with Crippen LogP contribution in [0.3, 0.4) is 0 Å². The molecule has 0 radical (unpaired) electrons. The Hall–Kier alpha value is -3.98. The highest BCUT2D eigenvalue weighted by Crippen LogP contribution is 2.31. The lowest BCUT2D eigenvalue weighted by molar-refractivity contribution is -0.113. The highest BCUT2D eigenvalue weighted by molar-refractivity contribution is 7.99. The van der Waals surface area contributed by atoms with Crippen molar-refractivity contribution >= 4 is 23.4 Å². The Morgan fingerprint density at radius 3 is 2.26 bits per heavy atom. The molecule has 0 saturated heterocycles. The molecule has 0 unspecified atom stereocenters. The third kappa shape index (κ3) is 5.58. The average Bonchev–Trinajstić information content (AvgIpc) is 3.31. The number of amides is 1. The van der Waals surface area contributed by atoms with Gasteiger partial charge in [-0.05, 0) is 43.3 Å². The summed E-state index contributed by atoms with van der Waals surface area (Å²) in [7, 11) is 4.75. The fraction of sp³-hybridized carbons (Fsp3) is 0.192. The van der Waals surface area contributed by atoms with Gasteiger partial charge in [0, 0.05) is 23.0 Å². The number of hydrogen-bond acceptors (Lipinski definition) is 7. The topological polar surface area (TPSA) is 87.5 Å². The fourth-order valence-electron chi connectivity index (χ4n) is 3.46. The largest absolute Gasteiger partial charge is 0.497 e. The predicted molar refractivity (Wildman–Crippen MR) is 137 cm³/mol. The van der Waals surface area contributed by atoms with Crippen LogP contribution in [-0.2, 0) is 4.79 Å². The van der Waals surface area contributed by atoms with E-state index in [1.54, 1.807) is 39.5 Å². The van der Waals surface area contributed by atoms with Gasteiger partial charge in [-0.1, -0.05) is 41.6 Å². The van der Waals surface area contributed by atoms with Gasteiger partial charge in [-0.2, -0.15) is 0 Å². The van der Waals surface area contributed by atoms with E-state index < -0.39 is 0 Å². The number of aryl methyl sites for hydroxylation is 1. The van der Waals surface area contributed by atoms with Crippen molar-refractivity contribution in [3.63, 3.8) is 0 Å². The van der Waals surface area contributed by atoms with Crippen LogP contribution < -0.4 is 19.5 Å². The molecule has 180 valence electrons. The second-order valence-corrected chi connectivity index (χ2v) is 8.55. The van der Waals surface area contributed by atoms with E-state index in [2.05, 4.69) is 15.5 Å². The number of anilines is 1. The SMILES string of the molecule is COc1ccc(-n2c(SCC(=O)Nc3ccc(OC)c(OC)c3)nnc2-c2ccc(C)cc2)cc1. The highest BCUT2D eigenvalue weighted by atomic mass is 32.2. The van der Waals surface area contributed by atoms with Crippen molar-refractivity contribution in [3.05, 3.63) is 72.3 Å². The van der Waals surface area contributed by atoms with Gasteiger partial charge in [0.2, 0.25) is 5.91 Å². The molecule has 0 aliphatic heterocycles. The highest BCUT2D eigenvalue weighted by Gasteiger charge is 2.18. The molecule has 9 heteroatoms. The number of aromatic nitrogens is 3. The van der Waals surface area contributed by atoms with Gasteiger partial charge in [-0.25, -0.2) is 0 Å². The zero-order chi connectivity index (χ0) is 24.8. The molecule has 1 N–H and O–H groups in total. The number of hydrogen-bond donors (Lipinski definition) is 1. The van der Waals surface area contributed by atoms with Gasteiger partial charge in [0.15, 0.2) is 22.5 Å². The lowest BCUT2D eigenvalue weighted by Crippen LogP contribution is -2.14.